The molecule has 5 heteroatoms. The first-order chi connectivity index (χ1) is 8.83. The molecule has 0 bridgehead atoms. The fourth-order valence-electron chi connectivity index (χ4n) is 2.16. The number of pyridine rings is 1. The van der Waals surface area contributed by atoms with E-state index in [0.717, 1.165) is 18.8 Å². The molecule has 1 aromatic rings. The van der Waals surface area contributed by atoms with Crippen LogP contribution in [0.3, 0.4) is 0 Å². The van der Waals surface area contributed by atoms with Crippen molar-refractivity contribution in [3.05, 3.63) is 18.3 Å². The van der Waals surface area contributed by atoms with Gasteiger partial charge < -0.3 is 15.4 Å². The number of esters is 1. The zero-order chi connectivity index (χ0) is 14.0. The van der Waals surface area contributed by atoms with Crippen molar-refractivity contribution in [2.24, 2.45) is 5.92 Å². The minimum absolute atomic E-state index is 0.119. The minimum atomic E-state index is -0.403. The van der Waals surface area contributed by atoms with E-state index in [4.69, 9.17) is 10.5 Å². The Morgan fingerprint density at radius 2 is 2.21 bits per heavy atom. The number of hydrogen-bond acceptors (Lipinski definition) is 5. The number of carbonyl (C=O) groups excluding carboxylic acids is 1. The molecule has 104 valence electrons. The lowest BCUT2D eigenvalue weighted by Gasteiger charge is -2.41. The van der Waals surface area contributed by atoms with Gasteiger partial charge in [-0.1, -0.05) is 0 Å². The molecule has 2 heterocycles. The second-order valence-corrected chi connectivity index (χ2v) is 6.00. The lowest BCUT2D eigenvalue weighted by atomic mass is 9.95. The Labute approximate surface area is 113 Å². The Hall–Kier alpha value is -1.78. The van der Waals surface area contributed by atoms with Crippen LogP contribution >= 0.6 is 0 Å². The normalized spacial score (nSPS) is 16.1. The third-order valence-corrected chi connectivity index (χ3v) is 2.96. The number of rotatable bonds is 3. The van der Waals surface area contributed by atoms with E-state index in [9.17, 15) is 4.79 Å². The van der Waals surface area contributed by atoms with Crippen LogP contribution in [0.25, 0.3) is 0 Å². The molecule has 0 aromatic carbocycles. The summed E-state index contributed by atoms with van der Waals surface area (Å²) in [6, 6.07) is 3.78. The first-order valence-corrected chi connectivity index (χ1v) is 6.52. The summed E-state index contributed by atoms with van der Waals surface area (Å²) in [7, 11) is 0. The molecular weight excluding hydrogens is 242 g/mol. The molecular formula is C14H21N3O2. The molecule has 1 aliphatic rings. The number of nitrogens with two attached hydrogens (primary N) is 1. The van der Waals surface area contributed by atoms with E-state index >= 15 is 0 Å². The zero-order valence-electron chi connectivity index (χ0n) is 11.7. The number of anilines is 2. The van der Waals surface area contributed by atoms with E-state index in [-0.39, 0.29) is 5.97 Å². The monoisotopic (exact) mass is 263 g/mol. The molecule has 2 rings (SSSR count). The summed E-state index contributed by atoms with van der Waals surface area (Å²) in [6.07, 6.45) is 2.18. The van der Waals surface area contributed by atoms with Gasteiger partial charge in [0.1, 0.15) is 11.4 Å². The molecule has 1 aliphatic heterocycles. The van der Waals surface area contributed by atoms with E-state index < -0.39 is 5.60 Å². The van der Waals surface area contributed by atoms with Gasteiger partial charge in [-0.15, -0.1) is 0 Å². The maximum absolute atomic E-state index is 11.7. The zero-order valence-corrected chi connectivity index (χ0v) is 11.7. The topological polar surface area (TPSA) is 68.5 Å². The molecule has 0 spiro atoms. The Kier molecular flexibility index (Phi) is 3.64. The van der Waals surface area contributed by atoms with Crippen LogP contribution in [0.5, 0.6) is 0 Å². The Morgan fingerprint density at radius 1 is 1.53 bits per heavy atom. The van der Waals surface area contributed by atoms with Crippen molar-refractivity contribution in [2.45, 2.75) is 32.8 Å². The third kappa shape index (κ3) is 3.84. The average molecular weight is 263 g/mol. The van der Waals surface area contributed by atoms with Crippen molar-refractivity contribution in [1.82, 2.24) is 4.98 Å². The fraction of sp³-hybridized carbons (Fsp3) is 0.571. The van der Waals surface area contributed by atoms with Gasteiger partial charge in [0.05, 0.1) is 6.42 Å². The van der Waals surface area contributed by atoms with Crippen molar-refractivity contribution >= 4 is 17.5 Å². The van der Waals surface area contributed by atoms with Crippen LogP contribution < -0.4 is 10.6 Å². The Balaban J connectivity index is 1.79. The van der Waals surface area contributed by atoms with Crippen LogP contribution in [0.4, 0.5) is 11.5 Å². The van der Waals surface area contributed by atoms with Crippen LogP contribution in [0.2, 0.25) is 0 Å². The molecule has 1 aromatic heterocycles. The molecule has 19 heavy (non-hydrogen) atoms. The molecule has 5 nitrogen and oxygen atoms in total. The first kappa shape index (κ1) is 13.6. The highest BCUT2D eigenvalue weighted by atomic mass is 16.6. The lowest BCUT2D eigenvalue weighted by Crippen LogP contribution is -2.48. The standard InChI is InChI=1S/C14H21N3O2/c1-14(2,3)19-13(18)6-10-8-17(9-10)11-4-5-16-12(15)7-11/h4-5,7,10H,6,8-9H2,1-3H3,(H2,15,16). The van der Waals surface area contributed by atoms with Gasteiger partial charge in [0.2, 0.25) is 0 Å². The number of nitrogen functional groups attached to an aromatic ring is 1. The van der Waals surface area contributed by atoms with Gasteiger partial charge in [-0.3, -0.25) is 4.79 Å². The maximum Gasteiger partial charge on any atom is 0.306 e. The van der Waals surface area contributed by atoms with Gasteiger partial charge >= 0.3 is 5.97 Å². The maximum atomic E-state index is 11.7. The summed E-state index contributed by atoms with van der Waals surface area (Å²) < 4.78 is 5.32. The van der Waals surface area contributed by atoms with E-state index in [1.165, 1.54) is 0 Å². The molecule has 0 atom stereocenters. The number of hydrogen-bond donors (Lipinski definition) is 1. The second kappa shape index (κ2) is 5.07. The van der Waals surface area contributed by atoms with E-state index in [1.807, 2.05) is 32.9 Å². The van der Waals surface area contributed by atoms with Gasteiger partial charge in [-0.25, -0.2) is 4.98 Å². The lowest BCUT2D eigenvalue weighted by molar-refractivity contribution is -0.156. The fourth-order valence-corrected chi connectivity index (χ4v) is 2.16. The Morgan fingerprint density at radius 3 is 2.79 bits per heavy atom. The summed E-state index contributed by atoms with van der Waals surface area (Å²) >= 11 is 0. The predicted molar refractivity (Wildman–Crippen MR) is 74.8 cm³/mol. The Bertz CT molecular complexity index is 462. The van der Waals surface area contributed by atoms with Crippen molar-refractivity contribution < 1.29 is 9.53 Å². The highest BCUT2D eigenvalue weighted by molar-refractivity contribution is 5.71. The smallest absolute Gasteiger partial charge is 0.306 e. The quantitative estimate of drug-likeness (QED) is 0.843. The van der Waals surface area contributed by atoms with Crippen LogP contribution in [0.1, 0.15) is 27.2 Å². The summed E-state index contributed by atoms with van der Waals surface area (Å²) in [4.78, 5) is 17.8. The highest BCUT2D eigenvalue weighted by Crippen LogP contribution is 2.27. The molecule has 0 aliphatic carbocycles. The number of carbonyl (C=O) groups is 1. The first-order valence-electron chi connectivity index (χ1n) is 6.52. The van der Waals surface area contributed by atoms with Gasteiger partial charge in [0.15, 0.2) is 0 Å². The number of ether oxygens (including phenoxy) is 1. The van der Waals surface area contributed by atoms with Crippen molar-refractivity contribution in [1.29, 1.82) is 0 Å². The van der Waals surface area contributed by atoms with E-state index in [2.05, 4.69) is 9.88 Å². The molecule has 2 N–H and O–H groups in total. The minimum Gasteiger partial charge on any atom is -0.460 e. The van der Waals surface area contributed by atoms with E-state index in [0.29, 0.717) is 18.2 Å². The van der Waals surface area contributed by atoms with Gasteiger partial charge in [0.25, 0.3) is 0 Å². The second-order valence-electron chi connectivity index (χ2n) is 6.00. The van der Waals surface area contributed by atoms with Crippen molar-refractivity contribution in [3.63, 3.8) is 0 Å². The molecule has 1 fully saturated rings. The SMILES string of the molecule is CC(C)(C)OC(=O)CC1CN(c2ccnc(N)c2)C1. The van der Waals surface area contributed by atoms with Crippen LogP contribution in [0, 0.1) is 5.92 Å². The summed E-state index contributed by atoms with van der Waals surface area (Å²) in [5.74, 6) is 0.767. The van der Waals surface area contributed by atoms with Gasteiger partial charge in [0, 0.05) is 37.0 Å². The van der Waals surface area contributed by atoms with Crippen LogP contribution in [0.15, 0.2) is 18.3 Å². The summed E-state index contributed by atoms with van der Waals surface area (Å²) in [5.41, 5.74) is 6.31. The van der Waals surface area contributed by atoms with Crippen molar-refractivity contribution in [3.8, 4) is 0 Å². The molecule has 0 radical (unpaired) electrons. The molecule has 0 amide bonds. The molecule has 0 unspecified atom stereocenters. The van der Waals surface area contributed by atoms with Crippen molar-refractivity contribution in [2.75, 3.05) is 23.7 Å². The number of aromatic nitrogens is 1. The molecule has 0 saturated carbocycles. The van der Waals surface area contributed by atoms with Crippen LogP contribution in [-0.2, 0) is 9.53 Å². The van der Waals surface area contributed by atoms with E-state index in [1.54, 1.807) is 6.20 Å². The summed E-state index contributed by atoms with van der Waals surface area (Å²) in [5, 5.41) is 0. The summed E-state index contributed by atoms with van der Waals surface area (Å²) in [6.45, 7) is 7.39. The predicted octanol–water partition coefficient (Wildman–Crippen LogP) is 1.83. The number of nitrogens with zero attached hydrogens (tertiary/aromatic N) is 2. The molecule has 1 saturated heterocycles. The van der Waals surface area contributed by atoms with Gasteiger partial charge in [-0.05, 0) is 26.8 Å². The van der Waals surface area contributed by atoms with Crippen LogP contribution in [-0.4, -0.2) is 29.6 Å². The van der Waals surface area contributed by atoms with Gasteiger partial charge in [-0.2, -0.15) is 0 Å². The third-order valence-electron chi connectivity index (χ3n) is 2.96. The largest absolute Gasteiger partial charge is 0.460 e. The highest BCUT2D eigenvalue weighted by Gasteiger charge is 2.30. The average Bonchev–Trinajstić information content (AvgIpc) is 2.20.